The van der Waals surface area contributed by atoms with Crippen molar-refractivity contribution in [1.29, 1.82) is 0 Å². The van der Waals surface area contributed by atoms with Gasteiger partial charge in [0.25, 0.3) is 0 Å². The lowest BCUT2D eigenvalue weighted by Gasteiger charge is -2.29. The summed E-state index contributed by atoms with van der Waals surface area (Å²) in [6, 6.07) is 0.257. The van der Waals surface area contributed by atoms with E-state index < -0.39 is 0 Å². The molecular formula is C12H28N4. The summed E-state index contributed by atoms with van der Waals surface area (Å²) in [4.78, 5) is 6.74. The van der Waals surface area contributed by atoms with Crippen molar-refractivity contribution in [3.8, 4) is 0 Å². The first-order valence-corrected chi connectivity index (χ1v) is 6.16. The summed E-state index contributed by atoms with van der Waals surface area (Å²) in [7, 11) is 0. The van der Waals surface area contributed by atoms with E-state index in [1.807, 2.05) is 0 Å². The van der Waals surface area contributed by atoms with Gasteiger partial charge in [-0.25, -0.2) is 10.8 Å². The highest BCUT2D eigenvalue weighted by molar-refractivity contribution is 5.79. The highest BCUT2D eigenvalue weighted by atomic mass is 15.4. The molecular weight excluding hydrogens is 200 g/mol. The third-order valence-corrected chi connectivity index (χ3v) is 1.98. The lowest BCUT2D eigenvalue weighted by atomic mass is 10.1. The van der Waals surface area contributed by atoms with Crippen molar-refractivity contribution < 1.29 is 0 Å². The van der Waals surface area contributed by atoms with Gasteiger partial charge in [0.05, 0.1) is 0 Å². The molecule has 0 aromatic carbocycles. The number of hydrogen-bond acceptors (Lipinski definition) is 2. The van der Waals surface area contributed by atoms with Crippen molar-refractivity contribution in [2.75, 3.05) is 13.1 Å². The summed E-state index contributed by atoms with van der Waals surface area (Å²) in [6.45, 7) is 14.9. The Balaban J connectivity index is 4.68. The smallest absolute Gasteiger partial charge is 0.208 e. The van der Waals surface area contributed by atoms with Crippen LogP contribution in [0.15, 0.2) is 4.99 Å². The lowest BCUT2D eigenvalue weighted by molar-refractivity contribution is 0.317. The Morgan fingerprint density at radius 3 is 1.75 bits per heavy atom. The summed E-state index contributed by atoms with van der Waals surface area (Å²) >= 11 is 0. The molecule has 0 bridgehead atoms. The predicted molar refractivity (Wildman–Crippen MR) is 71.1 cm³/mol. The van der Waals surface area contributed by atoms with Crippen LogP contribution in [0.25, 0.3) is 0 Å². The zero-order chi connectivity index (χ0) is 12.7. The van der Waals surface area contributed by atoms with Crippen LogP contribution in [0.4, 0.5) is 0 Å². The van der Waals surface area contributed by atoms with Gasteiger partial charge in [0, 0.05) is 19.1 Å². The van der Waals surface area contributed by atoms with Crippen molar-refractivity contribution in [1.82, 2.24) is 10.3 Å². The average Bonchev–Trinajstić information content (AvgIpc) is 2.11. The van der Waals surface area contributed by atoms with Crippen molar-refractivity contribution in [2.24, 2.45) is 22.7 Å². The third-order valence-electron chi connectivity index (χ3n) is 1.98. The zero-order valence-corrected chi connectivity index (χ0v) is 11.6. The Morgan fingerprint density at radius 2 is 1.50 bits per heavy atom. The third kappa shape index (κ3) is 6.67. The van der Waals surface area contributed by atoms with Crippen molar-refractivity contribution >= 4 is 5.96 Å². The summed E-state index contributed by atoms with van der Waals surface area (Å²) < 4.78 is 0. The van der Waals surface area contributed by atoms with Crippen LogP contribution in [-0.2, 0) is 0 Å². The number of rotatable bonds is 5. The van der Waals surface area contributed by atoms with Crippen molar-refractivity contribution in [2.45, 2.75) is 47.6 Å². The summed E-state index contributed by atoms with van der Waals surface area (Å²) in [6.07, 6.45) is 0. The number of nitrogens with one attached hydrogen (secondary N) is 1. The van der Waals surface area contributed by atoms with Gasteiger partial charge in [-0.3, -0.25) is 5.43 Å². The molecule has 0 aliphatic rings. The molecule has 0 saturated carbocycles. The van der Waals surface area contributed by atoms with E-state index in [0.29, 0.717) is 11.8 Å². The largest absolute Gasteiger partial charge is 0.341 e. The van der Waals surface area contributed by atoms with Crippen LogP contribution < -0.4 is 11.3 Å². The Morgan fingerprint density at radius 1 is 1.06 bits per heavy atom. The predicted octanol–water partition coefficient (Wildman–Crippen LogP) is 1.83. The first-order valence-electron chi connectivity index (χ1n) is 6.16. The number of nitrogens with zero attached hydrogens (tertiary/aromatic N) is 2. The van der Waals surface area contributed by atoms with E-state index in [9.17, 15) is 0 Å². The molecule has 0 unspecified atom stereocenters. The van der Waals surface area contributed by atoms with E-state index in [-0.39, 0.29) is 6.04 Å². The van der Waals surface area contributed by atoms with Gasteiger partial charge in [0.2, 0.25) is 5.96 Å². The number of nitrogens with two attached hydrogens (primary N) is 1. The molecule has 4 nitrogen and oxygen atoms in total. The maximum Gasteiger partial charge on any atom is 0.208 e. The zero-order valence-electron chi connectivity index (χ0n) is 11.6. The Labute approximate surface area is 100 Å². The second kappa shape index (κ2) is 7.49. The minimum absolute atomic E-state index is 0.257. The van der Waals surface area contributed by atoms with Crippen LogP contribution in [-0.4, -0.2) is 30.0 Å². The van der Waals surface area contributed by atoms with Crippen LogP contribution in [0, 0.1) is 11.8 Å². The maximum absolute atomic E-state index is 5.55. The van der Waals surface area contributed by atoms with Crippen LogP contribution >= 0.6 is 0 Å². The first kappa shape index (κ1) is 15.2. The van der Waals surface area contributed by atoms with Gasteiger partial charge in [-0.2, -0.15) is 0 Å². The Bertz CT molecular complexity index is 199. The number of hydrogen-bond donors (Lipinski definition) is 2. The monoisotopic (exact) mass is 228 g/mol. The molecule has 0 atom stereocenters. The second-order valence-electron chi connectivity index (χ2n) is 5.38. The molecule has 0 fully saturated rings. The molecule has 0 aliphatic heterocycles. The molecule has 16 heavy (non-hydrogen) atoms. The molecule has 0 rings (SSSR count). The molecule has 4 heteroatoms. The highest BCUT2D eigenvalue weighted by Gasteiger charge is 2.13. The lowest BCUT2D eigenvalue weighted by Crippen LogP contribution is -2.48. The summed E-state index contributed by atoms with van der Waals surface area (Å²) in [5, 5.41) is 0. The van der Waals surface area contributed by atoms with Crippen LogP contribution in [0.3, 0.4) is 0 Å². The fraction of sp³-hybridized carbons (Fsp3) is 0.917. The van der Waals surface area contributed by atoms with Gasteiger partial charge >= 0.3 is 0 Å². The SMILES string of the molecule is CC(C)CN(CC(C)C)C(=NC(C)C)NN. The molecule has 3 N–H and O–H groups in total. The average molecular weight is 228 g/mol. The van der Waals surface area contributed by atoms with E-state index in [1.54, 1.807) is 0 Å². The molecule has 0 aromatic heterocycles. The highest BCUT2D eigenvalue weighted by Crippen LogP contribution is 2.05. The molecule has 0 aliphatic carbocycles. The summed E-state index contributed by atoms with van der Waals surface area (Å²) in [5.41, 5.74) is 2.72. The van der Waals surface area contributed by atoms with Crippen LogP contribution in [0.2, 0.25) is 0 Å². The van der Waals surface area contributed by atoms with Gasteiger partial charge < -0.3 is 4.90 Å². The van der Waals surface area contributed by atoms with E-state index >= 15 is 0 Å². The van der Waals surface area contributed by atoms with Crippen molar-refractivity contribution in [3.63, 3.8) is 0 Å². The van der Waals surface area contributed by atoms with Gasteiger partial charge in [-0.05, 0) is 25.7 Å². The van der Waals surface area contributed by atoms with Crippen LogP contribution in [0.5, 0.6) is 0 Å². The Kier molecular flexibility index (Phi) is 7.13. The normalized spacial score (nSPS) is 12.8. The van der Waals surface area contributed by atoms with E-state index in [0.717, 1.165) is 19.0 Å². The van der Waals surface area contributed by atoms with Crippen LogP contribution in [0.1, 0.15) is 41.5 Å². The van der Waals surface area contributed by atoms with Crippen molar-refractivity contribution in [3.05, 3.63) is 0 Å². The minimum Gasteiger partial charge on any atom is -0.341 e. The maximum atomic E-state index is 5.55. The fourth-order valence-corrected chi connectivity index (χ4v) is 1.58. The number of guanidine groups is 1. The molecule has 0 saturated heterocycles. The first-order chi connectivity index (χ1) is 7.36. The number of hydrazine groups is 1. The molecule has 0 amide bonds. The molecule has 0 spiro atoms. The fourth-order valence-electron chi connectivity index (χ4n) is 1.58. The van der Waals surface area contributed by atoms with Gasteiger partial charge in [0.1, 0.15) is 0 Å². The van der Waals surface area contributed by atoms with E-state index in [2.05, 4.69) is 56.9 Å². The van der Waals surface area contributed by atoms with Gasteiger partial charge in [0.15, 0.2) is 0 Å². The molecule has 0 radical (unpaired) electrons. The molecule has 0 heterocycles. The quantitative estimate of drug-likeness (QED) is 0.327. The standard InChI is InChI=1S/C12H28N4/c1-9(2)7-16(8-10(3)4)12(15-13)14-11(5)6/h9-11H,7-8,13H2,1-6H3,(H,14,15). The van der Waals surface area contributed by atoms with Gasteiger partial charge in [-0.15, -0.1) is 0 Å². The second-order valence-corrected chi connectivity index (χ2v) is 5.38. The van der Waals surface area contributed by atoms with Gasteiger partial charge in [-0.1, -0.05) is 27.7 Å². The molecule has 96 valence electrons. The minimum atomic E-state index is 0.257. The van der Waals surface area contributed by atoms with E-state index in [1.165, 1.54) is 0 Å². The topological polar surface area (TPSA) is 53.6 Å². The van der Waals surface area contributed by atoms with E-state index in [4.69, 9.17) is 5.84 Å². The summed E-state index contributed by atoms with van der Waals surface area (Å²) in [5.74, 6) is 7.56. The Hall–Kier alpha value is -0.770. The number of aliphatic imine (C=N–C) groups is 1. The molecule has 0 aromatic rings.